The molecule has 2 heterocycles. The van der Waals surface area contributed by atoms with E-state index in [1.54, 1.807) is 47.4 Å². The highest BCUT2D eigenvalue weighted by Gasteiger charge is 2.38. The zero-order valence-electron chi connectivity index (χ0n) is 22.5. The number of halogens is 3. The number of amides is 2. The normalized spacial score (nSPS) is 14.8. The van der Waals surface area contributed by atoms with E-state index < -0.39 is 29.2 Å². The Labute approximate surface area is 230 Å². The number of primary amides is 1. The summed E-state index contributed by atoms with van der Waals surface area (Å²) in [7, 11) is 0. The zero-order chi connectivity index (χ0) is 29.1. The number of hydrogen-bond acceptors (Lipinski definition) is 6. The van der Waals surface area contributed by atoms with E-state index in [9.17, 15) is 22.8 Å². The number of nitrogens with two attached hydrogens (primary N) is 1. The molecule has 212 valence electrons. The Morgan fingerprint density at radius 1 is 1.07 bits per heavy atom. The molecule has 3 N–H and O–H groups in total. The maximum absolute atomic E-state index is 13.9. The van der Waals surface area contributed by atoms with Crippen molar-refractivity contribution >= 4 is 23.6 Å². The molecule has 3 aromatic rings. The van der Waals surface area contributed by atoms with Crippen LogP contribution in [0, 0.1) is 0 Å². The van der Waals surface area contributed by atoms with E-state index in [1.165, 1.54) is 0 Å². The molecule has 8 nitrogen and oxygen atoms in total. The number of aromatic nitrogens is 2. The van der Waals surface area contributed by atoms with Crippen LogP contribution in [0.2, 0.25) is 0 Å². The average Bonchev–Trinajstić information content (AvgIpc) is 2.82. The summed E-state index contributed by atoms with van der Waals surface area (Å²) < 4.78 is 47.1. The molecule has 1 aliphatic heterocycles. The standard InChI is InChI=1S/C29H32F3N5O3/c1-28(2,3)40-27(39)37-16-21(17-37)19-9-11-22(12-10-19)35-26-34-15-23(29(30,31)32)25(36-26)20(14-24(33)38)13-18-7-5-4-6-8-18/h4-12,15,20-21H,13-14,16-17H2,1-3H3,(H2,33,38)(H,34,35,36). The molecule has 0 spiro atoms. The fraction of sp³-hybridized carbons (Fsp3) is 0.379. The molecule has 4 rings (SSSR count). The highest BCUT2D eigenvalue weighted by Crippen LogP contribution is 2.37. The lowest BCUT2D eigenvalue weighted by atomic mass is 9.90. The maximum atomic E-state index is 13.9. The van der Waals surface area contributed by atoms with Crippen LogP contribution in [-0.2, 0) is 22.1 Å². The van der Waals surface area contributed by atoms with Gasteiger partial charge < -0.3 is 20.7 Å². The van der Waals surface area contributed by atoms with Gasteiger partial charge in [-0.1, -0.05) is 42.5 Å². The van der Waals surface area contributed by atoms with E-state index in [1.807, 2.05) is 32.9 Å². The zero-order valence-corrected chi connectivity index (χ0v) is 22.5. The van der Waals surface area contributed by atoms with Crippen LogP contribution in [0.1, 0.15) is 61.4 Å². The first kappa shape index (κ1) is 28.8. The number of carbonyl (C=O) groups excluding carboxylic acids is 2. The fourth-order valence-corrected chi connectivity index (χ4v) is 4.52. The number of likely N-dealkylation sites (tertiary alicyclic amines) is 1. The smallest absolute Gasteiger partial charge is 0.419 e. The van der Waals surface area contributed by atoms with E-state index in [-0.39, 0.29) is 36.5 Å². The van der Waals surface area contributed by atoms with Crippen LogP contribution >= 0.6 is 0 Å². The van der Waals surface area contributed by atoms with Gasteiger partial charge in [0.2, 0.25) is 11.9 Å². The third-order valence-electron chi connectivity index (χ3n) is 6.45. The number of ether oxygens (including phenoxy) is 1. The summed E-state index contributed by atoms with van der Waals surface area (Å²) in [5.41, 5.74) is 5.90. The number of carbonyl (C=O) groups is 2. The van der Waals surface area contributed by atoms with Crippen LogP contribution in [-0.4, -0.2) is 45.6 Å². The van der Waals surface area contributed by atoms with Crippen LogP contribution in [0.4, 0.5) is 29.6 Å². The Bertz CT molecular complexity index is 1340. The highest BCUT2D eigenvalue weighted by atomic mass is 19.4. The number of anilines is 2. The molecule has 1 atom stereocenters. The first-order valence-electron chi connectivity index (χ1n) is 12.9. The van der Waals surface area contributed by atoms with Crippen molar-refractivity contribution in [2.45, 2.75) is 57.2 Å². The molecule has 1 aromatic heterocycles. The van der Waals surface area contributed by atoms with Gasteiger partial charge in [0.15, 0.2) is 0 Å². The van der Waals surface area contributed by atoms with Crippen molar-refractivity contribution in [3.05, 3.63) is 83.2 Å². The summed E-state index contributed by atoms with van der Waals surface area (Å²) in [6.07, 6.45) is -4.47. The van der Waals surface area contributed by atoms with Gasteiger partial charge in [0.05, 0.1) is 11.3 Å². The van der Waals surface area contributed by atoms with Crippen LogP contribution in [0.5, 0.6) is 0 Å². The van der Waals surface area contributed by atoms with E-state index >= 15 is 0 Å². The summed E-state index contributed by atoms with van der Waals surface area (Å²) in [5, 5.41) is 2.96. The summed E-state index contributed by atoms with van der Waals surface area (Å²) in [5.74, 6) is -1.49. The largest absolute Gasteiger partial charge is 0.444 e. The number of benzene rings is 2. The first-order valence-corrected chi connectivity index (χ1v) is 12.9. The Hall–Kier alpha value is -4.15. The lowest BCUT2D eigenvalue weighted by molar-refractivity contribution is -0.139. The van der Waals surface area contributed by atoms with Crippen LogP contribution in [0.25, 0.3) is 0 Å². The molecule has 1 saturated heterocycles. The number of nitrogens with zero attached hydrogens (tertiary/aromatic N) is 3. The molecule has 1 unspecified atom stereocenters. The Kier molecular flexibility index (Phi) is 8.32. The predicted octanol–water partition coefficient (Wildman–Crippen LogP) is 5.78. The molecule has 11 heteroatoms. The second-order valence-corrected chi connectivity index (χ2v) is 10.9. The second kappa shape index (κ2) is 11.5. The van der Waals surface area contributed by atoms with Gasteiger partial charge in [0.25, 0.3) is 0 Å². The number of rotatable bonds is 8. The van der Waals surface area contributed by atoms with E-state index in [0.717, 1.165) is 17.3 Å². The van der Waals surface area contributed by atoms with Crippen LogP contribution in [0.15, 0.2) is 60.8 Å². The summed E-state index contributed by atoms with van der Waals surface area (Å²) in [6, 6.07) is 16.2. The lowest BCUT2D eigenvalue weighted by Gasteiger charge is -2.40. The van der Waals surface area contributed by atoms with E-state index in [0.29, 0.717) is 18.8 Å². The van der Waals surface area contributed by atoms with Crippen molar-refractivity contribution in [2.75, 3.05) is 18.4 Å². The highest BCUT2D eigenvalue weighted by molar-refractivity contribution is 5.75. The Morgan fingerprint density at radius 3 is 2.30 bits per heavy atom. The van der Waals surface area contributed by atoms with Crippen molar-refractivity contribution in [3.63, 3.8) is 0 Å². The summed E-state index contributed by atoms with van der Waals surface area (Å²) >= 11 is 0. The van der Waals surface area contributed by atoms with Gasteiger partial charge in [-0.25, -0.2) is 14.8 Å². The molecular weight excluding hydrogens is 523 g/mol. The number of hydrogen-bond donors (Lipinski definition) is 2. The molecule has 1 aliphatic rings. The van der Waals surface area contributed by atoms with Crippen molar-refractivity contribution < 1.29 is 27.5 Å². The van der Waals surface area contributed by atoms with Gasteiger partial charge in [-0.05, 0) is 50.5 Å². The van der Waals surface area contributed by atoms with Gasteiger partial charge in [0.1, 0.15) is 5.60 Å². The Balaban J connectivity index is 1.50. The van der Waals surface area contributed by atoms with Crippen LogP contribution < -0.4 is 11.1 Å². The molecule has 40 heavy (non-hydrogen) atoms. The third-order valence-corrected chi connectivity index (χ3v) is 6.45. The van der Waals surface area contributed by atoms with Crippen molar-refractivity contribution in [1.82, 2.24) is 14.9 Å². The number of alkyl halides is 3. The predicted molar refractivity (Wildman–Crippen MR) is 144 cm³/mol. The minimum atomic E-state index is -4.71. The fourth-order valence-electron chi connectivity index (χ4n) is 4.52. The van der Waals surface area contributed by atoms with Gasteiger partial charge in [-0.15, -0.1) is 0 Å². The Morgan fingerprint density at radius 2 is 1.73 bits per heavy atom. The molecule has 0 radical (unpaired) electrons. The van der Waals surface area contributed by atoms with E-state index in [4.69, 9.17) is 10.5 Å². The molecule has 2 amide bonds. The number of nitrogens with one attached hydrogen (secondary N) is 1. The first-order chi connectivity index (χ1) is 18.8. The molecule has 2 aromatic carbocycles. The monoisotopic (exact) mass is 555 g/mol. The summed E-state index contributed by atoms with van der Waals surface area (Å²) in [6.45, 7) is 6.53. The topological polar surface area (TPSA) is 110 Å². The van der Waals surface area contributed by atoms with E-state index in [2.05, 4.69) is 15.3 Å². The van der Waals surface area contributed by atoms with Gasteiger partial charge >= 0.3 is 12.3 Å². The molecular formula is C29H32F3N5O3. The lowest BCUT2D eigenvalue weighted by Crippen LogP contribution is -2.50. The van der Waals surface area contributed by atoms with Crippen LogP contribution in [0.3, 0.4) is 0 Å². The van der Waals surface area contributed by atoms with Gasteiger partial charge in [-0.3, -0.25) is 4.79 Å². The minimum absolute atomic E-state index is 0.0296. The molecule has 0 bridgehead atoms. The third kappa shape index (κ3) is 7.49. The quantitative estimate of drug-likeness (QED) is 0.365. The SMILES string of the molecule is CC(C)(C)OC(=O)N1CC(c2ccc(Nc3ncc(C(F)(F)F)c(C(CC(N)=O)Cc4ccccc4)n3)cc2)C1. The van der Waals surface area contributed by atoms with Crippen molar-refractivity contribution in [2.24, 2.45) is 5.73 Å². The maximum Gasteiger partial charge on any atom is 0.419 e. The molecule has 0 saturated carbocycles. The van der Waals surface area contributed by atoms with Gasteiger partial charge in [-0.2, -0.15) is 13.2 Å². The molecule has 1 fully saturated rings. The van der Waals surface area contributed by atoms with Gasteiger partial charge in [0, 0.05) is 43.2 Å². The average molecular weight is 556 g/mol. The molecule has 0 aliphatic carbocycles. The summed E-state index contributed by atoms with van der Waals surface area (Å²) in [4.78, 5) is 33.7. The second-order valence-electron chi connectivity index (χ2n) is 10.9. The van der Waals surface area contributed by atoms with Crippen molar-refractivity contribution in [3.8, 4) is 0 Å². The minimum Gasteiger partial charge on any atom is -0.444 e. The van der Waals surface area contributed by atoms with Crippen molar-refractivity contribution in [1.29, 1.82) is 0 Å².